The summed E-state index contributed by atoms with van der Waals surface area (Å²) in [5.41, 5.74) is 20.9. The molecule has 123 heavy (non-hydrogen) atoms. The minimum absolute atomic E-state index is 0.711. The Balaban J connectivity index is 0.000000136. The quantitative estimate of drug-likeness (QED) is 0.127. The molecule has 9 heterocycles. The molecule has 0 aliphatic heterocycles. The van der Waals surface area contributed by atoms with E-state index in [1.807, 2.05) is 74.9 Å². The third kappa shape index (κ3) is 11.9. The van der Waals surface area contributed by atoms with Gasteiger partial charge >= 0.3 is 0 Å². The van der Waals surface area contributed by atoms with Gasteiger partial charge in [0.1, 0.15) is 0 Å². The maximum absolute atomic E-state index is 5.47. The van der Waals surface area contributed by atoms with Crippen LogP contribution in [0.15, 0.2) is 388 Å². The first-order chi connectivity index (χ1) is 61.0. The minimum atomic E-state index is 0.711. The molecule has 0 N–H and O–H groups in total. The van der Waals surface area contributed by atoms with E-state index < -0.39 is 0 Å². The highest BCUT2D eigenvalue weighted by Gasteiger charge is 2.26. The lowest BCUT2D eigenvalue weighted by atomic mass is 9.92. The number of hydrogen-bond acceptors (Lipinski definition) is 11. The van der Waals surface area contributed by atoms with Crippen LogP contribution in [-0.4, -0.2) is 29.9 Å². The second kappa shape index (κ2) is 29.1. The highest BCUT2D eigenvalue weighted by molar-refractivity contribution is 7.28. The summed E-state index contributed by atoms with van der Waals surface area (Å²) in [6.07, 6.45) is 0. The molecule has 0 atom stereocenters. The summed E-state index contributed by atoms with van der Waals surface area (Å²) in [5.74, 6) is 1.44. The third-order valence-electron chi connectivity index (χ3n) is 24.2. The predicted molar refractivity (Wildman–Crippen MR) is 528 cm³/mol. The lowest BCUT2D eigenvalue weighted by Gasteiger charge is -2.15. The molecule has 0 saturated carbocycles. The maximum Gasteiger partial charge on any atom is 0.161 e. The predicted octanol–water partition coefficient (Wildman–Crippen LogP) is 32.9. The van der Waals surface area contributed by atoms with Gasteiger partial charge in [-0.25, -0.2) is 29.9 Å². The van der Waals surface area contributed by atoms with Crippen LogP contribution in [0.3, 0.4) is 0 Å². The molecular weight excluding hydrogens is 1590 g/mol. The molecular formula is C112H64N6S5. The molecule has 9 aromatic heterocycles. The molecule has 11 heteroatoms. The topological polar surface area (TPSA) is 77.3 Å². The van der Waals surface area contributed by atoms with Crippen molar-refractivity contribution in [3.05, 3.63) is 388 Å². The zero-order valence-corrected chi connectivity index (χ0v) is 69.8. The third-order valence-corrected chi connectivity index (χ3v) is 30.0. The number of nitrogens with zero attached hydrogens (tertiary/aromatic N) is 6. The standard InChI is InChI=1S/C59H33N3S3.C53H31N3S2/c1-2-14-36(15-3-1)57-44-32-43(58-56(41-19-7-11-25-50(41)65-58)55(44)37-16-4-8-22-45(37)60-57)34-28-30-35(31-29-34)46-33-47(38-20-12-26-51-53(38)39-17-5-9-23-48(39)63-51)62-59(61-46)42-21-13-27-52-54(42)40-18-6-10-24-49(40)64-52;1-3-14-34(15-4-1)51-41-30-40(52-50(39-20-9-12-24-46(39)58-52)49(41)36-18-7-10-22-42(36)54-51)32-26-28-33(29-27-32)43-31-44(56-53(55-43)35-16-5-2-6-17-35)37-21-13-25-47-48(37)38-19-8-11-23-45(38)57-47/h1-33H;1-31H. The van der Waals surface area contributed by atoms with Crippen LogP contribution >= 0.6 is 56.7 Å². The zero-order chi connectivity index (χ0) is 80.7. The van der Waals surface area contributed by atoms with Crippen molar-refractivity contribution in [1.82, 2.24) is 29.9 Å². The first-order valence-corrected chi connectivity index (χ1v) is 45.3. The molecule has 6 nitrogen and oxygen atoms in total. The van der Waals surface area contributed by atoms with Crippen molar-refractivity contribution in [3.63, 3.8) is 0 Å². The summed E-state index contributed by atoms with van der Waals surface area (Å²) in [6.45, 7) is 0. The molecule has 0 aliphatic carbocycles. The first kappa shape index (κ1) is 71.3. The molecule has 0 saturated heterocycles. The lowest BCUT2D eigenvalue weighted by molar-refractivity contribution is 1.19. The van der Waals surface area contributed by atoms with E-state index in [1.165, 1.54) is 134 Å². The zero-order valence-electron chi connectivity index (χ0n) is 65.7. The number of thiophene rings is 5. The summed E-state index contributed by atoms with van der Waals surface area (Å²) < 4.78 is 12.7. The van der Waals surface area contributed by atoms with Crippen molar-refractivity contribution < 1.29 is 0 Å². The van der Waals surface area contributed by atoms with Crippen LogP contribution in [0, 0.1) is 0 Å². The fourth-order valence-corrected chi connectivity index (χ4v) is 24.5. The molecule has 0 radical (unpaired) electrons. The van der Waals surface area contributed by atoms with Crippen LogP contribution in [-0.2, 0) is 0 Å². The minimum Gasteiger partial charge on any atom is -0.247 e. The largest absolute Gasteiger partial charge is 0.247 e. The second-order valence-corrected chi connectivity index (χ2v) is 36.6. The van der Waals surface area contributed by atoms with Gasteiger partial charge in [-0.2, -0.15) is 0 Å². The Hall–Kier alpha value is -14.7. The number of rotatable bonds is 10. The van der Waals surface area contributed by atoms with Crippen LogP contribution in [0.4, 0.5) is 0 Å². The second-order valence-electron chi connectivity index (χ2n) is 31.3. The normalized spacial score (nSPS) is 11.9. The Morgan fingerprint density at radius 1 is 0.154 bits per heavy atom. The van der Waals surface area contributed by atoms with Gasteiger partial charge in [0.05, 0.1) is 45.2 Å². The van der Waals surface area contributed by atoms with Crippen LogP contribution in [0.2, 0.25) is 0 Å². The highest BCUT2D eigenvalue weighted by Crippen LogP contribution is 2.52. The van der Waals surface area contributed by atoms with E-state index in [9.17, 15) is 0 Å². The van der Waals surface area contributed by atoms with E-state index in [4.69, 9.17) is 29.9 Å². The number of aromatic nitrogens is 6. The van der Waals surface area contributed by atoms with Crippen LogP contribution in [0.1, 0.15) is 0 Å². The van der Waals surface area contributed by atoms with E-state index in [2.05, 4.69) is 370 Å². The van der Waals surface area contributed by atoms with E-state index in [0.29, 0.717) is 5.82 Å². The average molecular weight is 1650 g/mol. The van der Waals surface area contributed by atoms with Crippen molar-refractivity contribution in [2.75, 3.05) is 0 Å². The lowest BCUT2D eigenvalue weighted by Crippen LogP contribution is -1.97. The molecule has 17 aromatic carbocycles. The monoisotopic (exact) mass is 1650 g/mol. The Kier molecular flexibility index (Phi) is 16.8. The van der Waals surface area contributed by atoms with Gasteiger partial charge in [0.2, 0.25) is 0 Å². The van der Waals surface area contributed by atoms with Crippen molar-refractivity contribution in [3.8, 4) is 113 Å². The Morgan fingerprint density at radius 3 is 0.870 bits per heavy atom. The highest BCUT2D eigenvalue weighted by atomic mass is 32.1. The molecule has 0 unspecified atom stereocenters. The van der Waals surface area contributed by atoms with Crippen molar-refractivity contribution in [1.29, 1.82) is 0 Å². The van der Waals surface area contributed by atoms with Gasteiger partial charge in [0.25, 0.3) is 0 Å². The van der Waals surface area contributed by atoms with Gasteiger partial charge in [0, 0.05) is 189 Å². The van der Waals surface area contributed by atoms with Gasteiger partial charge in [-0.3, -0.25) is 0 Å². The summed E-state index contributed by atoms with van der Waals surface area (Å²) in [5, 5.41) is 19.7. The van der Waals surface area contributed by atoms with Gasteiger partial charge in [0.15, 0.2) is 11.6 Å². The number of benzene rings is 17. The summed E-state index contributed by atoms with van der Waals surface area (Å²) >= 11 is 9.22. The Bertz CT molecular complexity index is 8680. The number of fused-ring (bicyclic) bond motifs is 23. The van der Waals surface area contributed by atoms with E-state index >= 15 is 0 Å². The Labute approximate surface area is 725 Å². The van der Waals surface area contributed by atoms with Crippen molar-refractivity contribution >= 4 is 201 Å². The molecule has 0 spiro atoms. The summed E-state index contributed by atoms with van der Waals surface area (Å²) in [7, 11) is 0. The fraction of sp³-hybridized carbons (Fsp3) is 0. The number of pyridine rings is 2. The molecule has 0 aliphatic rings. The Morgan fingerprint density at radius 2 is 0.455 bits per heavy atom. The summed E-state index contributed by atoms with van der Waals surface area (Å²) in [4.78, 5) is 32.0. The summed E-state index contributed by atoms with van der Waals surface area (Å²) in [6, 6.07) is 139. The van der Waals surface area contributed by atoms with Gasteiger partial charge in [-0.05, 0) is 96.1 Å². The van der Waals surface area contributed by atoms with Crippen molar-refractivity contribution in [2.24, 2.45) is 0 Å². The van der Waals surface area contributed by atoms with Crippen LogP contribution < -0.4 is 0 Å². The number of para-hydroxylation sites is 2. The molecule has 0 bridgehead atoms. The molecule has 572 valence electrons. The van der Waals surface area contributed by atoms with Crippen molar-refractivity contribution in [2.45, 2.75) is 0 Å². The van der Waals surface area contributed by atoms with Crippen LogP contribution in [0.5, 0.6) is 0 Å². The average Bonchev–Trinajstić information content (AvgIpc) is 1.60. The van der Waals surface area contributed by atoms with Gasteiger partial charge in [-0.15, -0.1) is 56.7 Å². The van der Waals surface area contributed by atoms with E-state index in [-0.39, 0.29) is 0 Å². The van der Waals surface area contributed by atoms with Gasteiger partial charge in [-0.1, -0.05) is 303 Å². The van der Waals surface area contributed by atoms with Gasteiger partial charge < -0.3 is 0 Å². The molecule has 0 fully saturated rings. The molecule has 26 aromatic rings. The SMILES string of the molecule is c1ccc(-c2nc(-c3ccc(-c4cc5c(-c6ccccc6)nc6ccccc6c5c5c4sc4ccccc45)cc3)cc(-c3cccc4sc5ccccc5c34)n2)cc1.c1ccc(-c2nc3ccccc3c3c2cc(-c2ccc(-c4cc(-c5cccc6sc7ccccc7c56)nc(-c5cccc6sc7ccccc7c56)n4)cc2)c2sc4ccccc4c23)cc1. The molecule has 26 rings (SSSR count). The molecule has 0 amide bonds. The fourth-order valence-electron chi connectivity index (χ4n) is 18.6. The maximum atomic E-state index is 5.47. The number of hydrogen-bond donors (Lipinski definition) is 0. The first-order valence-electron chi connectivity index (χ1n) is 41.2. The van der Waals surface area contributed by atoms with E-state index in [0.717, 1.165) is 117 Å². The smallest absolute Gasteiger partial charge is 0.161 e. The van der Waals surface area contributed by atoms with E-state index in [1.54, 1.807) is 0 Å². The van der Waals surface area contributed by atoms with Crippen LogP contribution in [0.25, 0.3) is 257 Å².